The topological polar surface area (TPSA) is 90.7 Å². The van der Waals surface area contributed by atoms with Gasteiger partial charge < -0.3 is 14.8 Å². The zero-order valence-electron chi connectivity index (χ0n) is 16.3. The highest BCUT2D eigenvalue weighted by Crippen LogP contribution is 2.34. The molecule has 1 saturated carbocycles. The molecule has 0 aromatic heterocycles. The molecule has 1 fully saturated rings. The fourth-order valence-electron chi connectivity index (χ4n) is 3.44. The molecule has 1 amide bonds. The average molecular weight is 419 g/mol. The number of carbonyl (C=O) groups excluding carboxylic acids is 1. The molecular weight excluding hydrogens is 396 g/mol. The number of hydrogen-bond acceptors (Lipinski definition) is 5. The van der Waals surface area contributed by atoms with Crippen LogP contribution in [0.1, 0.15) is 54.6 Å². The second-order valence-corrected chi connectivity index (χ2v) is 7.48. The van der Waals surface area contributed by atoms with Crippen LogP contribution in [0.5, 0.6) is 11.5 Å². The van der Waals surface area contributed by atoms with Crippen LogP contribution in [0.4, 0.5) is 5.69 Å². The van der Waals surface area contributed by atoms with Gasteiger partial charge in [-0.25, -0.2) is 0 Å². The van der Waals surface area contributed by atoms with Crippen LogP contribution in [0.15, 0.2) is 36.4 Å². The maximum Gasteiger partial charge on any atom is 0.283 e. The number of benzene rings is 2. The van der Waals surface area contributed by atoms with Crippen LogP contribution >= 0.6 is 11.6 Å². The number of nitro groups is 1. The lowest BCUT2D eigenvalue weighted by molar-refractivity contribution is -0.385. The number of ether oxygens (including phenoxy) is 2. The molecular formula is C21H23ClN2O5. The van der Waals surface area contributed by atoms with Gasteiger partial charge in [0, 0.05) is 11.1 Å². The van der Waals surface area contributed by atoms with Gasteiger partial charge in [-0.05, 0) is 62.4 Å². The second kappa shape index (κ2) is 9.13. The molecule has 0 spiro atoms. The summed E-state index contributed by atoms with van der Waals surface area (Å²) in [6, 6.07) is 9.07. The Balaban J connectivity index is 1.75. The molecule has 8 heteroatoms. The molecule has 1 unspecified atom stereocenters. The van der Waals surface area contributed by atoms with Gasteiger partial charge in [0.2, 0.25) is 0 Å². The zero-order valence-corrected chi connectivity index (χ0v) is 17.1. The van der Waals surface area contributed by atoms with Crippen molar-refractivity contribution in [1.29, 1.82) is 0 Å². The molecule has 0 aliphatic heterocycles. The van der Waals surface area contributed by atoms with Crippen molar-refractivity contribution in [2.75, 3.05) is 7.11 Å². The largest absolute Gasteiger partial charge is 0.493 e. The van der Waals surface area contributed by atoms with Gasteiger partial charge in [0.05, 0.1) is 24.2 Å². The smallest absolute Gasteiger partial charge is 0.283 e. The third kappa shape index (κ3) is 4.98. The Morgan fingerprint density at radius 3 is 2.59 bits per heavy atom. The van der Waals surface area contributed by atoms with E-state index in [-0.39, 0.29) is 22.4 Å². The summed E-state index contributed by atoms with van der Waals surface area (Å²) in [6.45, 7) is 1.80. The van der Waals surface area contributed by atoms with Gasteiger partial charge in [0.15, 0.2) is 11.5 Å². The van der Waals surface area contributed by atoms with E-state index in [9.17, 15) is 14.9 Å². The van der Waals surface area contributed by atoms with Crippen molar-refractivity contribution in [2.24, 2.45) is 0 Å². The number of amides is 1. The maximum atomic E-state index is 12.6. The molecule has 7 nitrogen and oxygen atoms in total. The Bertz CT molecular complexity index is 912. The summed E-state index contributed by atoms with van der Waals surface area (Å²) in [7, 11) is 1.57. The number of halogens is 1. The molecule has 0 radical (unpaired) electrons. The van der Waals surface area contributed by atoms with Crippen molar-refractivity contribution in [3.8, 4) is 11.5 Å². The van der Waals surface area contributed by atoms with Gasteiger partial charge in [-0.3, -0.25) is 14.9 Å². The monoisotopic (exact) mass is 418 g/mol. The van der Waals surface area contributed by atoms with E-state index in [1.807, 2.05) is 18.2 Å². The Kier molecular flexibility index (Phi) is 6.59. The summed E-state index contributed by atoms with van der Waals surface area (Å²) < 4.78 is 11.5. The van der Waals surface area contributed by atoms with Crippen molar-refractivity contribution in [3.05, 3.63) is 62.7 Å². The van der Waals surface area contributed by atoms with Gasteiger partial charge in [-0.1, -0.05) is 17.7 Å². The number of nitrogens with one attached hydrogen (secondary N) is 1. The minimum atomic E-state index is -0.621. The first-order valence-electron chi connectivity index (χ1n) is 9.48. The molecule has 3 rings (SSSR count). The first kappa shape index (κ1) is 20.9. The van der Waals surface area contributed by atoms with Crippen LogP contribution in [0, 0.1) is 10.1 Å². The van der Waals surface area contributed by atoms with Gasteiger partial charge in [-0.15, -0.1) is 0 Å². The first-order valence-corrected chi connectivity index (χ1v) is 9.86. The number of carbonyl (C=O) groups is 1. The third-order valence-corrected chi connectivity index (χ3v) is 5.27. The summed E-state index contributed by atoms with van der Waals surface area (Å²) in [4.78, 5) is 23.2. The Morgan fingerprint density at radius 1 is 1.21 bits per heavy atom. The lowest BCUT2D eigenvalue weighted by Gasteiger charge is -2.19. The van der Waals surface area contributed by atoms with Crippen molar-refractivity contribution < 1.29 is 19.2 Å². The normalized spacial score (nSPS) is 15.0. The summed E-state index contributed by atoms with van der Waals surface area (Å²) in [5.74, 6) is 0.717. The number of nitro benzene ring substituents is 1. The number of methoxy groups -OCH3 is 1. The van der Waals surface area contributed by atoms with Crippen molar-refractivity contribution in [1.82, 2.24) is 5.32 Å². The predicted molar refractivity (Wildman–Crippen MR) is 110 cm³/mol. The molecule has 2 aromatic carbocycles. The van der Waals surface area contributed by atoms with Gasteiger partial charge >= 0.3 is 0 Å². The number of nitrogens with zero attached hydrogens (tertiary/aromatic N) is 1. The standard InChI is InChI=1S/C21H23ClN2O5/c1-13(23-21(25)17-9-8-15(22)12-18(17)24(26)27)14-7-10-19(20(11-14)28-2)29-16-5-3-4-6-16/h7-13,16H,3-6H2,1-2H3,(H,23,25). The predicted octanol–water partition coefficient (Wildman–Crippen LogP) is 5.07. The lowest BCUT2D eigenvalue weighted by atomic mass is 10.1. The summed E-state index contributed by atoms with van der Waals surface area (Å²) >= 11 is 5.81. The number of hydrogen-bond donors (Lipinski definition) is 1. The zero-order chi connectivity index (χ0) is 21.0. The molecule has 154 valence electrons. The summed E-state index contributed by atoms with van der Waals surface area (Å²) in [5.41, 5.74) is 0.421. The van der Waals surface area contributed by atoms with Crippen molar-refractivity contribution >= 4 is 23.2 Å². The van der Waals surface area contributed by atoms with E-state index in [4.69, 9.17) is 21.1 Å². The highest BCUT2D eigenvalue weighted by molar-refractivity contribution is 6.31. The second-order valence-electron chi connectivity index (χ2n) is 7.05. The Labute approximate surface area is 174 Å². The van der Waals surface area contributed by atoms with E-state index >= 15 is 0 Å². The Morgan fingerprint density at radius 2 is 1.93 bits per heavy atom. The van der Waals surface area contributed by atoms with Crippen LogP contribution in [0.25, 0.3) is 0 Å². The van der Waals surface area contributed by atoms with Crippen molar-refractivity contribution in [3.63, 3.8) is 0 Å². The van der Waals surface area contributed by atoms with Gasteiger partial charge in [0.25, 0.3) is 11.6 Å². The molecule has 29 heavy (non-hydrogen) atoms. The Hall–Kier alpha value is -2.80. The quantitative estimate of drug-likeness (QED) is 0.500. The third-order valence-electron chi connectivity index (χ3n) is 5.03. The van der Waals surface area contributed by atoms with E-state index in [2.05, 4.69) is 5.32 Å². The minimum absolute atomic E-state index is 0.0422. The van der Waals surface area contributed by atoms with E-state index in [0.717, 1.165) is 18.4 Å². The fourth-order valence-corrected chi connectivity index (χ4v) is 3.61. The molecule has 0 saturated heterocycles. The molecule has 2 aromatic rings. The molecule has 1 atom stereocenters. The SMILES string of the molecule is COc1cc(C(C)NC(=O)c2ccc(Cl)cc2[N+](=O)[O-])ccc1OC1CCCC1. The van der Waals surface area contributed by atoms with E-state index in [1.165, 1.54) is 31.0 Å². The maximum absolute atomic E-state index is 12.6. The fraction of sp³-hybridized carbons (Fsp3) is 0.381. The summed E-state index contributed by atoms with van der Waals surface area (Å²) in [5, 5.41) is 14.2. The number of rotatable bonds is 7. The van der Waals surface area contributed by atoms with E-state index in [0.29, 0.717) is 11.5 Å². The minimum Gasteiger partial charge on any atom is -0.493 e. The average Bonchev–Trinajstić information content (AvgIpc) is 3.21. The summed E-state index contributed by atoms with van der Waals surface area (Å²) in [6.07, 6.45) is 4.63. The highest BCUT2D eigenvalue weighted by atomic mass is 35.5. The van der Waals surface area contributed by atoms with E-state index < -0.39 is 16.9 Å². The van der Waals surface area contributed by atoms with Gasteiger partial charge in [0.1, 0.15) is 5.56 Å². The van der Waals surface area contributed by atoms with Crippen LogP contribution in [0.3, 0.4) is 0 Å². The molecule has 1 N–H and O–H groups in total. The first-order chi connectivity index (χ1) is 13.9. The molecule has 1 aliphatic rings. The van der Waals surface area contributed by atoms with Crippen LogP contribution in [-0.2, 0) is 0 Å². The van der Waals surface area contributed by atoms with Crippen LogP contribution < -0.4 is 14.8 Å². The highest BCUT2D eigenvalue weighted by Gasteiger charge is 2.23. The molecule has 0 heterocycles. The molecule has 1 aliphatic carbocycles. The lowest BCUT2D eigenvalue weighted by Crippen LogP contribution is -2.27. The van der Waals surface area contributed by atoms with Crippen LogP contribution in [-0.4, -0.2) is 24.0 Å². The van der Waals surface area contributed by atoms with E-state index in [1.54, 1.807) is 14.0 Å². The van der Waals surface area contributed by atoms with Crippen LogP contribution in [0.2, 0.25) is 5.02 Å². The molecule has 0 bridgehead atoms. The van der Waals surface area contributed by atoms with Gasteiger partial charge in [-0.2, -0.15) is 0 Å². The van der Waals surface area contributed by atoms with Crippen molar-refractivity contribution in [2.45, 2.75) is 44.8 Å².